The molecule has 0 unspecified atom stereocenters. The number of carbonyl (C=O) groups is 2. The molecule has 10 heteroatoms. The average molecular weight is 460 g/mol. The summed E-state index contributed by atoms with van der Waals surface area (Å²) in [4.78, 5) is 37.5. The molecule has 0 saturated heterocycles. The van der Waals surface area contributed by atoms with E-state index in [0.717, 1.165) is 19.3 Å². The summed E-state index contributed by atoms with van der Waals surface area (Å²) in [5, 5.41) is 9.52. The Hall–Kier alpha value is -3.69. The lowest BCUT2D eigenvalue weighted by Gasteiger charge is -2.12. The first kappa shape index (κ1) is 24.0. The fourth-order valence-corrected chi connectivity index (χ4v) is 3.24. The molecule has 3 aromatic rings. The number of aryl methyl sites for hydroxylation is 1. The molecule has 0 radical (unpaired) electrons. The van der Waals surface area contributed by atoms with E-state index in [-0.39, 0.29) is 16.8 Å². The van der Waals surface area contributed by atoms with E-state index in [0.29, 0.717) is 23.0 Å². The molecule has 7 nitrogen and oxygen atoms in total. The highest BCUT2D eigenvalue weighted by molar-refractivity contribution is 6.11. The first-order valence-electron chi connectivity index (χ1n) is 10.5. The van der Waals surface area contributed by atoms with Gasteiger partial charge >= 0.3 is 6.18 Å². The number of benzene rings is 2. The van der Waals surface area contributed by atoms with E-state index in [1.165, 1.54) is 28.9 Å². The summed E-state index contributed by atoms with van der Waals surface area (Å²) < 4.78 is 38.1. The molecule has 2 N–H and O–H groups in total. The normalized spacial score (nSPS) is 11.4. The van der Waals surface area contributed by atoms with Gasteiger partial charge in [0.15, 0.2) is 5.69 Å². The van der Waals surface area contributed by atoms with Crippen molar-refractivity contribution in [2.45, 2.75) is 38.9 Å². The molecule has 0 aliphatic heterocycles. The SMILES string of the molecule is CCCCCn1nc(C(=O)Nc2ccc(C(=O)NCC(F)(F)F)cc2)c2ccccc2c1=O. The van der Waals surface area contributed by atoms with Gasteiger partial charge < -0.3 is 10.6 Å². The number of alkyl halides is 3. The van der Waals surface area contributed by atoms with Gasteiger partial charge in [0.2, 0.25) is 0 Å². The van der Waals surface area contributed by atoms with E-state index in [4.69, 9.17) is 0 Å². The third kappa shape index (κ3) is 6.18. The molecule has 0 saturated carbocycles. The molecule has 33 heavy (non-hydrogen) atoms. The fourth-order valence-electron chi connectivity index (χ4n) is 3.24. The van der Waals surface area contributed by atoms with Crippen molar-refractivity contribution in [3.63, 3.8) is 0 Å². The Labute approximate surface area is 187 Å². The number of hydrogen-bond acceptors (Lipinski definition) is 4. The highest BCUT2D eigenvalue weighted by Gasteiger charge is 2.27. The van der Waals surface area contributed by atoms with Gasteiger partial charge in [0, 0.05) is 23.2 Å². The molecular formula is C23H23F3N4O3. The van der Waals surface area contributed by atoms with Crippen LogP contribution in [0.15, 0.2) is 53.3 Å². The summed E-state index contributed by atoms with van der Waals surface area (Å²) in [6.07, 6.45) is -1.86. The van der Waals surface area contributed by atoms with Gasteiger partial charge in [-0.2, -0.15) is 18.3 Å². The van der Waals surface area contributed by atoms with Crippen LogP contribution in [0.25, 0.3) is 10.8 Å². The summed E-state index contributed by atoms with van der Waals surface area (Å²) in [5.41, 5.74) is 0.147. The van der Waals surface area contributed by atoms with Gasteiger partial charge in [-0.3, -0.25) is 14.4 Å². The summed E-state index contributed by atoms with van der Waals surface area (Å²) in [6.45, 7) is 0.997. The maximum atomic E-state index is 13.0. The number of aromatic nitrogens is 2. The maximum absolute atomic E-state index is 13.0. The quantitative estimate of drug-likeness (QED) is 0.495. The molecule has 2 amide bonds. The zero-order chi connectivity index (χ0) is 24.0. The minimum atomic E-state index is -4.51. The number of anilines is 1. The second-order valence-corrected chi connectivity index (χ2v) is 7.46. The molecule has 0 aliphatic rings. The molecule has 0 atom stereocenters. The van der Waals surface area contributed by atoms with Gasteiger partial charge in [-0.15, -0.1) is 0 Å². The predicted octanol–water partition coefficient (Wildman–Crippen LogP) is 4.13. The molecule has 3 rings (SSSR count). The number of nitrogens with zero attached hydrogens (tertiary/aromatic N) is 2. The summed E-state index contributed by atoms with van der Waals surface area (Å²) in [6, 6.07) is 12.1. The van der Waals surface area contributed by atoms with Gasteiger partial charge in [-0.1, -0.05) is 38.0 Å². The molecule has 0 fully saturated rings. The lowest BCUT2D eigenvalue weighted by atomic mass is 10.1. The smallest absolute Gasteiger partial charge is 0.343 e. The Balaban J connectivity index is 1.81. The maximum Gasteiger partial charge on any atom is 0.405 e. The van der Waals surface area contributed by atoms with E-state index in [1.807, 2.05) is 6.92 Å². The second-order valence-electron chi connectivity index (χ2n) is 7.46. The Morgan fingerprint density at radius 3 is 2.27 bits per heavy atom. The van der Waals surface area contributed by atoms with Crippen LogP contribution in [-0.2, 0) is 6.54 Å². The topological polar surface area (TPSA) is 93.1 Å². The molecule has 2 aromatic carbocycles. The summed E-state index contributed by atoms with van der Waals surface area (Å²) in [5.74, 6) is -1.43. The number of unbranched alkanes of at least 4 members (excludes halogenated alkanes) is 2. The average Bonchev–Trinajstić information content (AvgIpc) is 2.79. The lowest BCUT2D eigenvalue weighted by molar-refractivity contribution is -0.123. The van der Waals surface area contributed by atoms with Crippen molar-refractivity contribution in [3.8, 4) is 0 Å². The fraction of sp³-hybridized carbons (Fsp3) is 0.304. The highest BCUT2D eigenvalue weighted by Crippen LogP contribution is 2.17. The standard InChI is InChI=1S/C23H23F3N4O3/c1-2-3-6-13-30-22(33)18-8-5-4-7-17(18)19(29-30)21(32)28-16-11-9-15(10-12-16)20(31)27-14-23(24,25)26/h4-5,7-12H,2-3,6,13-14H2,1H3,(H,27,31)(H,28,32). The molecule has 1 aromatic heterocycles. The number of fused-ring (bicyclic) bond motifs is 1. The molecule has 1 heterocycles. The van der Waals surface area contributed by atoms with Crippen molar-refractivity contribution >= 4 is 28.3 Å². The zero-order valence-corrected chi connectivity index (χ0v) is 17.9. The van der Waals surface area contributed by atoms with E-state index < -0.39 is 24.5 Å². The van der Waals surface area contributed by atoms with E-state index in [1.54, 1.807) is 29.6 Å². The Kier molecular flexibility index (Phi) is 7.47. The minimum Gasteiger partial charge on any atom is -0.343 e. The van der Waals surface area contributed by atoms with E-state index in [9.17, 15) is 27.6 Å². The van der Waals surface area contributed by atoms with Gasteiger partial charge in [0.25, 0.3) is 17.4 Å². The first-order chi connectivity index (χ1) is 15.7. The van der Waals surface area contributed by atoms with Gasteiger partial charge in [0.1, 0.15) is 6.54 Å². The first-order valence-corrected chi connectivity index (χ1v) is 10.5. The number of hydrogen-bond donors (Lipinski definition) is 2. The van der Waals surface area contributed by atoms with Crippen LogP contribution in [0.4, 0.5) is 18.9 Å². The molecule has 0 bridgehead atoms. The van der Waals surface area contributed by atoms with Crippen LogP contribution in [0.1, 0.15) is 47.0 Å². The van der Waals surface area contributed by atoms with E-state index in [2.05, 4.69) is 10.4 Å². The second kappa shape index (κ2) is 10.3. The van der Waals surface area contributed by atoms with Crippen LogP contribution < -0.4 is 16.2 Å². The number of amides is 2. The monoisotopic (exact) mass is 460 g/mol. The molecule has 174 valence electrons. The van der Waals surface area contributed by atoms with Crippen molar-refractivity contribution in [2.24, 2.45) is 0 Å². The Bertz CT molecular complexity index is 1200. The number of halogens is 3. The van der Waals surface area contributed by atoms with Crippen molar-refractivity contribution in [1.29, 1.82) is 0 Å². The summed E-state index contributed by atoms with van der Waals surface area (Å²) in [7, 11) is 0. The van der Waals surface area contributed by atoms with E-state index >= 15 is 0 Å². The predicted molar refractivity (Wildman–Crippen MR) is 118 cm³/mol. The van der Waals surface area contributed by atoms with Gasteiger partial charge in [0.05, 0.1) is 5.39 Å². The van der Waals surface area contributed by atoms with Crippen molar-refractivity contribution in [2.75, 3.05) is 11.9 Å². The summed E-state index contributed by atoms with van der Waals surface area (Å²) >= 11 is 0. The largest absolute Gasteiger partial charge is 0.405 e. The van der Waals surface area contributed by atoms with Crippen molar-refractivity contribution in [1.82, 2.24) is 15.1 Å². The van der Waals surface area contributed by atoms with Crippen molar-refractivity contribution in [3.05, 3.63) is 70.1 Å². The Morgan fingerprint density at radius 1 is 0.970 bits per heavy atom. The third-order valence-electron chi connectivity index (χ3n) is 4.91. The number of nitrogens with one attached hydrogen (secondary N) is 2. The Morgan fingerprint density at radius 2 is 1.64 bits per heavy atom. The van der Waals surface area contributed by atoms with Crippen LogP contribution >= 0.6 is 0 Å². The van der Waals surface area contributed by atoms with Crippen LogP contribution in [0.5, 0.6) is 0 Å². The lowest BCUT2D eigenvalue weighted by Crippen LogP contribution is -2.33. The van der Waals surface area contributed by atoms with Crippen LogP contribution in [0, 0.1) is 0 Å². The molecular weight excluding hydrogens is 437 g/mol. The molecule has 0 spiro atoms. The van der Waals surface area contributed by atoms with Gasteiger partial charge in [-0.25, -0.2) is 4.68 Å². The minimum absolute atomic E-state index is 0.0188. The third-order valence-corrected chi connectivity index (χ3v) is 4.91. The van der Waals surface area contributed by atoms with Crippen LogP contribution in [0.2, 0.25) is 0 Å². The number of rotatable bonds is 8. The molecule has 0 aliphatic carbocycles. The van der Waals surface area contributed by atoms with Crippen molar-refractivity contribution < 1.29 is 22.8 Å². The number of carbonyl (C=O) groups excluding carboxylic acids is 2. The van der Waals surface area contributed by atoms with Gasteiger partial charge in [-0.05, 0) is 36.8 Å². The zero-order valence-electron chi connectivity index (χ0n) is 17.9. The van der Waals surface area contributed by atoms with Crippen LogP contribution in [0.3, 0.4) is 0 Å². The van der Waals surface area contributed by atoms with Crippen LogP contribution in [-0.4, -0.2) is 34.3 Å². The highest BCUT2D eigenvalue weighted by atomic mass is 19.4.